The predicted octanol–water partition coefficient (Wildman–Crippen LogP) is 1.31. The number of hydrogen-bond donors (Lipinski definition) is 1. The van der Waals surface area contributed by atoms with Gasteiger partial charge >= 0.3 is 0 Å². The molecule has 0 fully saturated rings. The first-order valence-electron chi connectivity index (χ1n) is 5.41. The van der Waals surface area contributed by atoms with Crippen LogP contribution in [0.4, 0.5) is 5.69 Å². The highest BCUT2D eigenvalue weighted by Gasteiger charge is 2.22. The van der Waals surface area contributed by atoms with Gasteiger partial charge in [-0.3, -0.25) is 4.79 Å². The largest absolute Gasteiger partial charge is 0.330 e. The summed E-state index contributed by atoms with van der Waals surface area (Å²) >= 11 is 0. The van der Waals surface area contributed by atoms with E-state index in [0.717, 1.165) is 25.1 Å². The van der Waals surface area contributed by atoms with Crippen molar-refractivity contribution in [1.82, 2.24) is 0 Å². The Bertz CT molecular complexity index is 362. The summed E-state index contributed by atoms with van der Waals surface area (Å²) < 4.78 is 0. The summed E-state index contributed by atoms with van der Waals surface area (Å²) in [5.41, 5.74) is 7.82. The average molecular weight is 204 g/mol. The Morgan fingerprint density at radius 1 is 1.27 bits per heavy atom. The number of para-hydroxylation sites is 1. The van der Waals surface area contributed by atoms with Gasteiger partial charge in [-0.15, -0.1) is 0 Å². The second-order valence-corrected chi connectivity index (χ2v) is 3.82. The highest BCUT2D eigenvalue weighted by atomic mass is 16.2. The van der Waals surface area contributed by atoms with Crippen LogP contribution in [-0.4, -0.2) is 19.0 Å². The van der Waals surface area contributed by atoms with Crippen LogP contribution in [0.1, 0.15) is 18.4 Å². The number of carbonyl (C=O) groups excluding carboxylic acids is 1. The minimum Gasteiger partial charge on any atom is -0.330 e. The van der Waals surface area contributed by atoms with Crippen LogP contribution < -0.4 is 10.6 Å². The van der Waals surface area contributed by atoms with Crippen molar-refractivity contribution in [2.45, 2.75) is 19.3 Å². The molecular weight excluding hydrogens is 188 g/mol. The van der Waals surface area contributed by atoms with Gasteiger partial charge < -0.3 is 10.6 Å². The van der Waals surface area contributed by atoms with Gasteiger partial charge in [-0.1, -0.05) is 18.2 Å². The lowest BCUT2D eigenvalue weighted by Crippen LogP contribution is -2.36. The molecule has 0 saturated carbocycles. The molecule has 1 aromatic rings. The van der Waals surface area contributed by atoms with E-state index >= 15 is 0 Å². The summed E-state index contributed by atoms with van der Waals surface area (Å²) in [6.45, 7) is 1.37. The van der Waals surface area contributed by atoms with E-state index in [1.54, 1.807) is 0 Å². The lowest BCUT2D eigenvalue weighted by atomic mass is 10.0. The Kier molecular flexibility index (Phi) is 3.02. The number of carbonyl (C=O) groups is 1. The monoisotopic (exact) mass is 204 g/mol. The second-order valence-electron chi connectivity index (χ2n) is 3.82. The molecule has 0 atom stereocenters. The summed E-state index contributed by atoms with van der Waals surface area (Å²) in [5.74, 6) is 0.224. The minimum atomic E-state index is 0.224. The number of hydrogen-bond acceptors (Lipinski definition) is 2. The molecule has 80 valence electrons. The molecule has 0 aromatic heterocycles. The molecule has 1 aliphatic rings. The third-order valence-corrected chi connectivity index (χ3v) is 2.78. The molecule has 1 aromatic carbocycles. The van der Waals surface area contributed by atoms with Gasteiger partial charge in [0.25, 0.3) is 0 Å². The fourth-order valence-corrected chi connectivity index (χ4v) is 1.99. The van der Waals surface area contributed by atoms with Crippen molar-refractivity contribution in [2.24, 2.45) is 5.73 Å². The highest BCUT2D eigenvalue weighted by molar-refractivity contribution is 5.96. The van der Waals surface area contributed by atoms with E-state index in [4.69, 9.17) is 5.73 Å². The van der Waals surface area contributed by atoms with Crippen molar-refractivity contribution in [3.8, 4) is 0 Å². The van der Waals surface area contributed by atoms with Crippen molar-refractivity contribution in [2.75, 3.05) is 18.0 Å². The number of benzene rings is 1. The summed E-state index contributed by atoms with van der Waals surface area (Å²) in [4.78, 5) is 13.6. The topological polar surface area (TPSA) is 46.3 Å². The van der Waals surface area contributed by atoms with Crippen molar-refractivity contribution in [3.63, 3.8) is 0 Å². The SMILES string of the molecule is NCCCN1C(=O)CCc2ccccc21. The molecule has 2 rings (SSSR count). The smallest absolute Gasteiger partial charge is 0.227 e. The molecule has 1 aliphatic heterocycles. The summed E-state index contributed by atoms with van der Waals surface area (Å²) in [7, 11) is 0. The molecule has 0 saturated heterocycles. The van der Waals surface area contributed by atoms with Gasteiger partial charge in [0, 0.05) is 18.7 Å². The lowest BCUT2D eigenvalue weighted by molar-refractivity contribution is -0.118. The predicted molar refractivity (Wildman–Crippen MR) is 60.8 cm³/mol. The maximum Gasteiger partial charge on any atom is 0.227 e. The van der Waals surface area contributed by atoms with Crippen LogP contribution in [0, 0.1) is 0 Å². The van der Waals surface area contributed by atoms with Crippen LogP contribution >= 0.6 is 0 Å². The number of rotatable bonds is 3. The summed E-state index contributed by atoms with van der Waals surface area (Å²) in [6, 6.07) is 8.11. The molecular formula is C12H16N2O. The molecule has 0 bridgehead atoms. The van der Waals surface area contributed by atoms with Crippen molar-refractivity contribution in [1.29, 1.82) is 0 Å². The quantitative estimate of drug-likeness (QED) is 0.807. The van der Waals surface area contributed by atoms with Gasteiger partial charge in [-0.25, -0.2) is 0 Å². The standard InChI is InChI=1S/C12H16N2O/c13-8-3-9-14-11-5-2-1-4-10(11)6-7-12(14)15/h1-2,4-5H,3,6-9,13H2. The Morgan fingerprint density at radius 3 is 2.87 bits per heavy atom. The van der Waals surface area contributed by atoms with Crippen molar-refractivity contribution >= 4 is 11.6 Å². The Hall–Kier alpha value is -1.35. The van der Waals surface area contributed by atoms with Crippen molar-refractivity contribution < 1.29 is 4.79 Å². The third-order valence-electron chi connectivity index (χ3n) is 2.78. The Morgan fingerprint density at radius 2 is 2.07 bits per heavy atom. The first kappa shape index (κ1) is 10.2. The van der Waals surface area contributed by atoms with Crippen LogP contribution in [0.2, 0.25) is 0 Å². The number of aryl methyl sites for hydroxylation is 1. The molecule has 0 radical (unpaired) electrons. The number of amides is 1. The highest BCUT2D eigenvalue weighted by Crippen LogP contribution is 2.27. The van der Waals surface area contributed by atoms with Gasteiger partial charge in [-0.2, -0.15) is 0 Å². The van der Waals surface area contributed by atoms with Gasteiger partial charge in [-0.05, 0) is 31.0 Å². The molecule has 3 nitrogen and oxygen atoms in total. The number of nitrogens with two attached hydrogens (primary N) is 1. The first-order chi connectivity index (χ1) is 7.33. The van der Waals surface area contributed by atoms with Crippen LogP contribution in [0.15, 0.2) is 24.3 Å². The number of fused-ring (bicyclic) bond motifs is 1. The first-order valence-corrected chi connectivity index (χ1v) is 5.41. The van der Waals surface area contributed by atoms with E-state index in [-0.39, 0.29) is 5.91 Å². The zero-order valence-electron chi connectivity index (χ0n) is 8.78. The van der Waals surface area contributed by atoms with E-state index in [9.17, 15) is 4.79 Å². The zero-order valence-corrected chi connectivity index (χ0v) is 8.78. The Labute approximate surface area is 89.9 Å². The van der Waals surface area contributed by atoms with Gasteiger partial charge in [0.2, 0.25) is 5.91 Å². The van der Waals surface area contributed by atoms with E-state index < -0.39 is 0 Å². The van der Waals surface area contributed by atoms with Gasteiger partial charge in [0.15, 0.2) is 0 Å². The lowest BCUT2D eigenvalue weighted by Gasteiger charge is -2.29. The number of anilines is 1. The number of nitrogens with zero attached hydrogens (tertiary/aromatic N) is 1. The van der Waals surface area contributed by atoms with Crippen molar-refractivity contribution in [3.05, 3.63) is 29.8 Å². The Balaban J connectivity index is 2.25. The van der Waals surface area contributed by atoms with Gasteiger partial charge in [0.1, 0.15) is 0 Å². The molecule has 0 unspecified atom stereocenters. The van der Waals surface area contributed by atoms with Crippen LogP contribution in [0.5, 0.6) is 0 Å². The van der Waals surface area contributed by atoms with Crippen LogP contribution in [0.3, 0.4) is 0 Å². The molecule has 0 spiro atoms. The molecule has 0 aliphatic carbocycles. The average Bonchev–Trinajstić information content (AvgIpc) is 2.28. The van der Waals surface area contributed by atoms with Crippen LogP contribution in [-0.2, 0) is 11.2 Å². The van der Waals surface area contributed by atoms with Gasteiger partial charge in [0.05, 0.1) is 0 Å². The zero-order chi connectivity index (χ0) is 10.7. The maximum atomic E-state index is 11.7. The summed E-state index contributed by atoms with van der Waals surface area (Å²) in [5, 5.41) is 0. The summed E-state index contributed by atoms with van der Waals surface area (Å²) in [6.07, 6.45) is 2.36. The normalized spacial score (nSPS) is 15.3. The van der Waals surface area contributed by atoms with Crippen LogP contribution in [0.25, 0.3) is 0 Å². The fraction of sp³-hybridized carbons (Fsp3) is 0.417. The second kappa shape index (κ2) is 4.45. The molecule has 1 amide bonds. The minimum absolute atomic E-state index is 0.224. The maximum absolute atomic E-state index is 11.7. The molecule has 3 heteroatoms. The van der Waals surface area contributed by atoms with E-state index in [1.165, 1.54) is 5.56 Å². The van der Waals surface area contributed by atoms with E-state index in [0.29, 0.717) is 13.0 Å². The van der Waals surface area contributed by atoms with E-state index in [2.05, 4.69) is 6.07 Å². The molecule has 15 heavy (non-hydrogen) atoms. The molecule has 2 N–H and O–H groups in total. The molecule has 1 heterocycles. The van der Waals surface area contributed by atoms with E-state index in [1.807, 2.05) is 23.1 Å². The fourth-order valence-electron chi connectivity index (χ4n) is 1.99. The third kappa shape index (κ3) is 2.02.